The van der Waals surface area contributed by atoms with Gasteiger partial charge in [0, 0.05) is 24.9 Å². The standard InChI is InChI=1S/C22H24F4N2O3/c1-4-15(27-3)11-20(30)18-6-5-9-28(18)21(31)16(22(24,25)26)12-19(29)14-8-7-13(2)17(23)10-14/h7-8,10,15-16,18H,4-6,9,11-12H2,1-2H3. The van der Waals surface area contributed by atoms with Gasteiger partial charge in [0.15, 0.2) is 11.6 Å². The summed E-state index contributed by atoms with van der Waals surface area (Å²) in [4.78, 5) is 41.9. The third-order valence-electron chi connectivity index (χ3n) is 5.57. The summed E-state index contributed by atoms with van der Waals surface area (Å²) < 4.78 is 54.8. The Kier molecular flexibility index (Phi) is 7.93. The maximum absolute atomic E-state index is 13.7. The van der Waals surface area contributed by atoms with Gasteiger partial charge in [0.1, 0.15) is 11.7 Å². The predicted octanol–water partition coefficient (Wildman–Crippen LogP) is 4.53. The summed E-state index contributed by atoms with van der Waals surface area (Å²) in [6, 6.07) is 1.74. The molecule has 3 atom stereocenters. The number of carbonyl (C=O) groups excluding carboxylic acids is 3. The number of hydrogen-bond donors (Lipinski definition) is 0. The second-order valence-corrected chi connectivity index (χ2v) is 7.74. The van der Waals surface area contributed by atoms with Crippen molar-refractivity contribution in [2.24, 2.45) is 5.92 Å². The maximum Gasteiger partial charge on any atom is 0.400 e. The van der Waals surface area contributed by atoms with Gasteiger partial charge in [-0.05, 0) is 31.4 Å². The van der Waals surface area contributed by atoms with Crippen LogP contribution in [0.2, 0.25) is 0 Å². The number of benzene rings is 1. The van der Waals surface area contributed by atoms with Crippen molar-refractivity contribution in [3.63, 3.8) is 0 Å². The van der Waals surface area contributed by atoms with Crippen molar-refractivity contribution < 1.29 is 31.9 Å². The number of amides is 1. The lowest BCUT2D eigenvalue weighted by Crippen LogP contribution is -2.48. The van der Waals surface area contributed by atoms with Crippen LogP contribution in [0.3, 0.4) is 0 Å². The summed E-state index contributed by atoms with van der Waals surface area (Å²) in [5.41, 5.74) is -0.00902. The minimum absolute atomic E-state index is 0.0238. The second kappa shape index (κ2) is 10.0. The normalized spacial score (nSPS) is 18.4. The Morgan fingerprint density at radius 2 is 1.94 bits per heavy atom. The number of Topliss-reactive ketones (excluding diaryl/α,β-unsaturated/α-hetero) is 2. The molecule has 1 heterocycles. The Balaban J connectivity index is 2.22. The molecule has 0 radical (unpaired) electrons. The molecule has 1 aliphatic heterocycles. The highest BCUT2D eigenvalue weighted by Crippen LogP contribution is 2.34. The van der Waals surface area contributed by atoms with Crippen molar-refractivity contribution in [1.82, 2.24) is 4.90 Å². The zero-order valence-corrected chi connectivity index (χ0v) is 17.3. The molecular weight excluding hydrogens is 416 g/mol. The average molecular weight is 440 g/mol. The maximum atomic E-state index is 13.7. The molecule has 9 heteroatoms. The van der Waals surface area contributed by atoms with Gasteiger partial charge in [-0.15, -0.1) is 0 Å². The number of carbonyl (C=O) groups is 3. The summed E-state index contributed by atoms with van der Waals surface area (Å²) in [5, 5.41) is 0. The van der Waals surface area contributed by atoms with Crippen LogP contribution in [0.1, 0.15) is 54.9 Å². The zero-order chi connectivity index (χ0) is 23.3. The molecule has 0 saturated carbocycles. The third kappa shape index (κ3) is 5.90. The molecule has 0 bridgehead atoms. The van der Waals surface area contributed by atoms with Gasteiger partial charge in [0.25, 0.3) is 0 Å². The highest BCUT2D eigenvalue weighted by molar-refractivity contribution is 5.99. The number of ketones is 2. The van der Waals surface area contributed by atoms with Crippen LogP contribution in [0.5, 0.6) is 0 Å². The van der Waals surface area contributed by atoms with Crippen molar-refractivity contribution in [3.05, 3.63) is 46.6 Å². The molecule has 1 aliphatic rings. The van der Waals surface area contributed by atoms with Crippen LogP contribution in [0.4, 0.5) is 17.6 Å². The molecule has 1 aromatic rings. The molecule has 1 fully saturated rings. The molecule has 0 aromatic heterocycles. The van der Waals surface area contributed by atoms with Crippen LogP contribution >= 0.6 is 0 Å². The number of alkyl halides is 3. The fraction of sp³-hybridized carbons (Fsp3) is 0.545. The lowest BCUT2D eigenvalue weighted by atomic mass is 9.94. The average Bonchev–Trinajstić information content (AvgIpc) is 3.20. The van der Waals surface area contributed by atoms with Gasteiger partial charge in [0.2, 0.25) is 11.9 Å². The van der Waals surface area contributed by atoms with Gasteiger partial charge in [-0.2, -0.15) is 13.2 Å². The van der Waals surface area contributed by atoms with E-state index in [1.165, 1.54) is 19.1 Å². The van der Waals surface area contributed by atoms with Crippen LogP contribution in [0.25, 0.3) is 4.85 Å². The van der Waals surface area contributed by atoms with E-state index in [4.69, 9.17) is 6.57 Å². The highest BCUT2D eigenvalue weighted by Gasteiger charge is 2.50. The minimum atomic E-state index is -5.01. The van der Waals surface area contributed by atoms with Crippen molar-refractivity contribution in [3.8, 4) is 0 Å². The first kappa shape index (κ1) is 24.5. The molecule has 1 aromatic carbocycles. The molecule has 3 unspecified atom stereocenters. The van der Waals surface area contributed by atoms with Gasteiger partial charge in [-0.1, -0.05) is 19.1 Å². The summed E-state index contributed by atoms with van der Waals surface area (Å²) in [7, 11) is 0. The predicted molar refractivity (Wildman–Crippen MR) is 105 cm³/mol. The van der Waals surface area contributed by atoms with E-state index in [1.54, 1.807) is 6.92 Å². The number of rotatable bonds is 8. The summed E-state index contributed by atoms with van der Waals surface area (Å²) >= 11 is 0. The largest absolute Gasteiger partial charge is 0.400 e. The van der Waals surface area contributed by atoms with Gasteiger partial charge >= 0.3 is 6.18 Å². The van der Waals surface area contributed by atoms with Gasteiger partial charge < -0.3 is 9.74 Å². The van der Waals surface area contributed by atoms with E-state index in [1.807, 2.05) is 0 Å². The molecule has 0 aliphatic carbocycles. The Bertz CT molecular complexity index is 892. The van der Waals surface area contributed by atoms with Crippen LogP contribution < -0.4 is 0 Å². The Morgan fingerprint density at radius 1 is 1.26 bits per heavy atom. The minimum Gasteiger partial charge on any atom is -0.332 e. The Labute approximate surface area is 178 Å². The number of aryl methyl sites for hydroxylation is 1. The number of likely N-dealkylation sites (tertiary alicyclic amines) is 1. The Morgan fingerprint density at radius 3 is 2.48 bits per heavy atom. The lowest BCUT2D eigenvalue weighted by Gasteiger charge is -2.29. The van der Waals surface area contributed by atoms with E-state index in [0.717, 1.165) is 11.0 Å². The summed E-state index contributed by atoms with van der Waals surface area (Å²) in [5.74, 6) is -6.13. The smallest absolute Gasteiger partial charge is 0.332 e. The van der Waals surface area contributed by atoms with Gasteiger partial charge in [-0.3, -0.25) is 14.4 Å². The number of hydrogen-bond acceptors (Lipinski definition) is 3. The monoisotopic (exact) mass is 440 g/mol. The van der Waals surface area contributed by atoms with Crippen molar-refractivity contribution in [1.29, 1.82) is 0 Å². The fourth-order valence-electron chi connectivity index (χ4n) is 3.63. The third-order valence-corrected chi connectivity index (χ3v) is 5.57. The molecule has 1 saturated heterocycles. The van der Waals surface area contributed by atoms with E-state index in [2.05, 4.69) is 4.85 Å². The van der Waals surface area contributed by atoms with Gasteiger partial charge in [0.05, 0.1) is 12.5 Å². The first-order chi connectivity index (χ1) is 14.5. The van der Waals surface area contributed by atoms with E-state index in [9.17, 15) is 31.9 Å². The van der Waals surface area contributed by atoms with E-state index >= 15 is 0 Å². The lowest BCUT2D eigenvalue weighted by molar-refractivity contribution is -0.189. The van der Waals surface area contributed by atoms with Crippen LogP contribution in [-0.4, -0.2) is 47.2 Å². The van der Waals surface area contributed by atoms with Crippen LogP contribution in [0, 0.1) is 25.2 Å². The highest BCUT2D eigenvalue weighted by atomic mass is 19.4. The van der Waals surface area contributed by atoms with Crippen molar-refractivity contribution in [2.45, 2.75) is 64.2 Å². The summed E-state index contributed by atoms with van der Waals surface area (Å²) in [6.45, 7) is 10.2. The molecule has 0 N–H and O–H groups in total. The summed E-state index contributed by atoms with van der Waals surface area (Å²) in [6.07, 6.45) is -5.30. The second-order valence-electron chi connectivity index (χ2n) is 7.74. The van der Waals surface area contributed by atoms with E-state index < -0.39 is 53.9 Å². The molecular formula is C22H24F4N2O3. The van der Waals surface area contributed by atoms with E-state index in [0.29, 0.717) is 12.8 Å². The molecule has 31 heavy (non-hydrogen) atoms. The molecule has 168 valence electrons. The molecule has 0 spiro atoms. The first-order valence-electron chi connectivity index (χ1n) is 10.0. The fourth-order valence-corrected chi connectivity index (χ4v) is 3.63. The van der Waals surface area contributed by atoms with E-state index in [-0.39, 0.29) is 30.5 Å². The first-order valence-corrected chi connectivity index (χ1v) is 10.0. The zero-order valence-electron chi connectivity index (χ0n) is 17.3. The molecule has 5 nitrogen and oxygen atoms in total. The quantitative estimate of drug-likeness (QED) is 0.339. The number of nitrogens with zero attached hydrogens (tertiary/aromatic N) is 2. The SMILES string of the molecule is [C-]#[N+]C(CC)CC(=O)C1CCCN1C(=O)C(CC(=O)c1ccc(C)c(F)c1)C(F)(F)F. The molecule has 1 amide bonds. The molecule has 2 rings (SSSR count). The van der Waals surface area contributed by atoms with Crippen molar-refractivity contribution in [2.75, 3.05) is 6.54 Å². The van der Waals surface area contributed by atoms with Crippen LogP contribution in [-0.2, 0) is 9.59 Å². The Hall–Kier alpha value is -2.76. The topological polar surface area (TPSA) is 58.8 Å². The van der Waals surface area contributed by atoms with Gasteiger partial charge in [-0.25, -0.2) is 11.0 Å². The van der Waals surface area contributed by atoms with Crippen LogP contribution in [0.15, 0.2) is 18.2 Å². The van der Waals surface area contributed by atoms with Crippen molar-refractivity contribution >= 4 is 17.5 Å². The number of halogens is 4.